The number of ether oxygens (including phenoxy) is 2. The van der Waals surface area contributed by atoms with Crippen molar-refractivity contribution in [3.05, 3.63) is 66.1 Å². The Bertz CT molecular complexity index is 1030. The summed E-state index contributed by atoms with van der Waals surface area (Å²) in [5, 5.41) is 1.06. The molecule has 2 aromatic heterocycles. The average molecular weight is 424 g/mol. The number of hydrogen-bond acceptors (Lipinski definition) is 4. The molecule has 2 heterocycles. The number of carbonyl (C=O) groups excluding carboxylic acids is 2. The van der Waals surface area contributed by atoms with Gasteiger partial charge in [0.2, 0.25) is 0 Å². The van der Waals surface area contributed by atoms with Gasteiger partial charge < -0.3 is 14.0 Å². The maximum absolute atomic E-state index is 12.1. The number of aryl methyl sites for hydroxylation is 2. The van der Waals surface area contributed by atoms with E-state index in [0.717, 1.165) is 56.0 Å². The summed E-state index contributed by atoms with van der Waals surface area (Å²) >= 11 is 0. The maximum Gasteiger partial charge on any atom is 0.354 e. The van der Waals surface area contributed by atoms with Crippen LogP contribution in [-0.2, 0) is 23.1 Å². The molecule has 3 aromatic rings. The van der Waals surface area contributed by atoms with Gasteiger partial charge in [0.1, 0.15) is 18.3 Å². The number of unbranched alkanes of at least 4 members (excludes halogenated alkanes) is 5. The number of nitrogens with zero attached hydrogens (tertiary/aromatic N) is 2. The first-order valence-electron chi connectivity index (χ1n) is 10.9. The van der Waals surface area contributed by atoms with Crippen LogP contribution in [0.25, 0.3) is 10.9 Å². The largest absolute Gasteiger partial charge is 0.464 e. The lowest BCUT2D eigenvalue weighted by Crippen LogP contribution is -2.28. The molecule has 0 fully saturated rings. The number of aromatic nitrogens is 2. The third-order valence-corrected chi connectivity index (χ3v) is 5.39. The van der Waals surface area contributed by atoms with Gasteiger partial charge in [-0.25, -0.2) is 14.2 Å². The summed E-state index contributed by atoms with van der Waals surface area (Å²) < 4.78 is 14.2. The number of rotatable bonds is 11. The van der Waals surface area contributed by atoms with Crippen LogP contribution in [0, 0.1) is 0 Å². The van der Waals surface area contributed by atoms with E-state index < -0.39 is 0 Å². The van der Waals surface area contributed by atoms with E-state index in [4.69, 9.17) is 9.47 Å². The molecule has 0 atom stereocenters. The van der Waals surface area contributed by atoms with Crippen molar-refractivity contribution in [1.82, 2.24) is 4.57 Å². The van der Waals surface area contributed by atoms with Crippen LogP contribution in [0.3, 0.4) is 0 Å². The van der Waals surface area contributed by atoms with Crippen molar-refractivity contribution in [3.8, 4) is 0 Å². The minimum Gasteiger partial charge on any atom is -0.464 e. The highest BCUT2D eigenvalue weighted by atomic mass is 16.5. The number of benzene rings is 1. The second kappa shape index (κ2) is 11.3. The van der Waals surface area contributed by atoms with Crippen molar-refractivity contribution in [2.75, 3.05) is 13.7 Å². The van der Waals surface area contributed by atoms with Gasteiger partial charge in [-0.3, -0.25) is 0 Å². The Morgan fingerprint density at radius 2 is 1.68 bits per heavy atom. The molecule has 0 bridgehead atoms. The van der Waals surface area contributed by atoms with Gasteiger partial charge in [-0.2, -0.15) is 0 Å². The number of para-hydroxylation sites is 1. The van der Waals surface area contributed by atoms with Crippen molar-refractivity contribution < 1.29 is 23.6 Å². The molecule has 1 aromatic carbocycles. The molecule has 0 unspecified atom stereocenters. The van der Waals surface area contributed by atoms with Crippen LogP contribution >= 0.6 is 0 Å². The number of hydrogen-bond donors (Lipinski definition) is 0. The molecular weight excluding hydrogens is 392 g/mol. The molecule has 0 saturated carbocycles. The van der Waals surface area contributed by atoms with E-state index in [1.807, 2.05) is 54.2 Å². The first-order chi connectivity index (χ1) is 15.1. The summed E-state index contributed by atoms with van der Waals surface area (Å²) in [5.41, 5.74) is 2.25. The molecule has 0 aliphatic rings. The molecule has 31 heavy (non-hydrogen) atoms. The number of esters is 2. The topological polar surface area (TPSA) is 61.4 Å². The molecule has 6 nitrogen and oxygen atoms in total. The van der Waals surface area contributed by atoms with Gasteiger partial charge in [0, 0.05) is 23.5 Å². The predicted octanol–water partition coefficient (Wildman–Crippen LogP) is 4.45. The lowest BCUT2D eigenvalue weighted by atomic mass is 10.1. The van der Waals surface area contributed by atoms with E-state index in [-0.39, 0.29) is 11.9 Å². The quantitative estimate of drug-likeness (QED) is 0.260. The third-order valence-electron chi connectivity index (χ3n) is 5.39. The molecular formula is C25H31N2O4+. The summed E-state index contributed by atoms with van der Waals surface area (Å²) in [4.78, 5) is 24.1. The minimum absolute atomic E-state index is 0.267. The molecule has 0 spiro atoms. The Morgan fingerprint density at radius 1 is 0.935 bits per heavy atom. The zero-order valence-corrected chi connectivity index (χ0v) is 18.4. The number of pyridine rings is 1. The van der Waals surface area contributed by atoms with Gasteiger partial charge >= 0.3 is 11.9 Å². The number of methoxy groups -OCH3 is 1. The second-order valence-corrected chi connectivity index (χ2v) is 7.75. The van der Waals surface area contributed by atoms with E-state index in [1.165, 1.54) is 7.11 Å². The van der Waals surface area contributed by atoms with Gasteiger partial charge in [-0.05, 0) is 31.0 Å². The van der Waals surface area contributed by atoms with Gasteiger partial charge in [0.05, 0.1) is 13.7 Å². The van der Waals surface area contributed by atoms with Gasteiger partial charge in [0.15, 0.2) is 12.4 Å². The van der Waals surface area contributed by atoms with Crippen molar-refractivity contribution in [3.63, 3.8) is 0 Å². The average Bonchev–Trinajstić information content (AvgIpc) is 3.16. The fraction of sp³-hybridized carbons (Fsp3) is 0.400. The summed E-state index contributed by atoms with van der Waals surface area (Å²) in [6, 6.07) is 13.5. The lowest BCUT2D eigenvalue weighted by molar-refractivity contribution is -0.671. The number of fused-ring (bicyclic) bond motifs is 1. The minimum atomic E-state index is -0.296. The van der Waals surface area contributed by atoms with Crippen LogP contribution in [0.15, 0.2) is 54.9 Å². The van der Waals surface area contributed by atoms with Crippen LogP contribution < -0.4 is 4.57 Å². The summed E-state index contributed by atoms with van der Waals surface area (Å²) in [7, 11) is 3.30. The Hall–Kier alpha value is -3.15. The Morgan fingerprint density at radius 3 is 2.45 bits per heavy atom. The first kappa shape index (κ1) is 22.5. The van der Waals surface area contributed by atoms with Crippen LogP contribution in [-0.4, -0.2) is 30.2 Å². The highest BCUT2D eigenvalue weighted by Gasteiger charge is 2.15. The van der Waals surface area contributed by atoms with E-state index >= 15 is 0 Å². The summed E-state index contributed by atoms with van der Waals surface area (Å²) in [5.74, 6) is -0.563. The predicted molar refractivity (Wildman–Crippen MR) is 119 cm³/mol. The molecule has 0 aliphatic carbocycles. The van der Waals surface area contributed by atoms with E-state index in [2.05, 4.69) is 4.57 Å². The molecule has 0 N–H and O–H groups in total. The Kier molecular flexibility index (Phi) is 8.21. The van der Waals surface area contributed by atoms with E-state index in [9.17, 15) is 9.59 Å². The van der Waals surface area contributed by atoms with Gasteiger partial charge in [0.25, 0.3) is 0 Å². The molecule has 0 saturated heterocycles. The molecule has 0 radical (unpaired) electrons. The third kappa shape index (κ3) is 6.17. The standard InChI is InChI=1S/C25H31N2O4/c1-26-15-11-13-21(19-26)24(28)31-17-10-6-4-3-5-9-16-27-22-14-8-7-12-20(22)18-23(27)25(29)30-2/h7-8,11-15,18-19H,3-6,9-10,16-17H2,1-2H3/q+1. The lowest BCUT2D eigenvalue weighted by Gasteiger charge is -2.09. The monoisotopic (exact) mass is 423 g/mol. The van der Waals surface area contributed by atoms with Crippen LogP contribution in [0.2, 0.25) is 0 Å². The van der Waals surface area contributed by atoms with E-state index in [1.54, 1.807) is 12.3 Å². The van der Waals surface area contributed by atoms with Gasteiger partial charge in [-0.15, -0.1) is 0 Å². The number of carbonyl (C=O) groups is 2. The van der Waals surface area contributed by atoms with Crippen LogP contribution in [0.4, 0.5) is 0 Å². The van der Waals surface area contributed by atoms with Crippen molar-refractivity contribution in [2.45, 2.75) is 45.1 Å². The Labute approximate surface area is 183 Å². The van der Waals surface area contributed by atoms with Crippen LogP contribution in [0.5, 0.6) is 0 Å². The molecule has 0 amide bonds. The molecule has 3 rings (SSSR count). The maximum atomic E-state index is 12.1. The van der Waals surface area contributed by atoms with E-state index in [0.29, 0.717) is 17.9 Å². The van der Waals surface area contributed by atoms with Crippen molar-refractivity contribution in [1.29, 1.82) is 0 Å². The summed E-state index contributed by atoms with van der Waals surface area (Å²) in [6.45, 7) is 1.25. The Balaban J connectivity index is 1.34. The SMILES string of the molecule is COC(=O)c1cc2ccccc2n1CCCCCCCCOC(=O)c1ccc[n+](C)c1. The van der Waals surface area contributed by atoms with Gasteiger partial charge in [-0.1, -0.05) is 43.9 Å². The molecule has 6 heteroatoms. The normalized spacial score (nSPS) is 10.9. The second-order valence-electron chi connectivity index (χ2n) is 7.75. The smallest absolute Gasteiger partial charge is 0.354 e. The zero-order valence-electron chi connectivity index (χ0n) is 18.4. The molecule has 0 aliphatic heterocycles. The van der Waals surface area contributed by atoms with Crippen molar-refractivity contribution >= 4 is 22.8 Å². The van der Waals surface area contributed by atoms with Crippen LogP contribution in [0.1, 0.15) is 59.4 Å². The molecule has 164 valence electrons. The fourth-order valence-electron chi connectivity index (χ4n) is 3.76. The highest BCUT2D eigenvalue weighted by Crippen LogP contribution is 2.21. The first-order valence-corrected chi connectivity index (χ1v) is 10.9. The zero-order chi connectivity index (χ0) is 22.1. The summed E-state index contributed by atoms with van der Waals surface area (Å²) in [6.07, 6.45) is 9.88. The highest BCUT2D eigenvalue weighted by molar-refractivity contribution is 5.95. The van der Waals surface area contributed by atoms with Crippen molar-refractivity contribution in [2.24, 2.45) is 7.05 Å². The fourth-order valence-corrected chi connectivity index (χ4v) is 3.76.